The molecule has 4 aromatic rings. The Balaban J connectivity index is 1.59. The summed E-state index contributed by atoms with van der Waals surface area (Å²) in [6.45, 7) is 4.13. The fourth-order valence-corrected chi connectivity index (χ4v) is 4.75. The molecule has 1 aromatic carbocycles. The second-order valence-corrected chi connectivity index (χ2v) is 9.27. The first-order valence-corrected chi connectivity index (χ1v) is 10.7. The van der Waals surface area contributed by atoms with Gasteiger partial charge < -0.3 is 4.74 Å². The quantitative estimate of drug-likeness (QED) is 0.456. The van der Waals surface area contributed by atoms with Gasteiger partial charge in [0.2, 0.25) is 5.88 Å². The predicted octanol–water partition coefficient (Wildman–Crippen LogP) is 4.49. The summed E-state index contributed by atoms with van der Waals surface area (Å²) >= 11 is 0. The lowest BCUT2D eigenvalue weighted by molar-refractivity contribution is -0.118. The minimum absolute atomic E-state index is 0.0565. The van der Waals surface area contributed by atoms with Gasteiger partial charge in [0.05, 0.1) is 11.5 Å². The lowest BCUT2D eigenvalue weighted by Gasteiger charge is -2.37. The van der Waals surface area contributed by atoms with Crippen molar-refractivity contribution in [1.29, 1.82) is 0 Å². The SMILES string of the molecule is CC1(C)CC(=O)C2=C(C1)Oc1ncn3nc(-c4ccc(F)cc4)nc3c1[C@@H]2c1cccnc1. The lowest BCUT2D eigenvalue weighted by Crippen LogP contribution is -2.33. The van der Waals surface area contributed by atoms with Crippen LogP contribution in [-0.2, 0) is 4.79 Å². The van der Waals surface area contributed by atoms with Gasteiger partial charge in [0.15, 0.2) is 17.3 Å². The first kappa shape index (κ1) is 19.7. The summed E-state index contributed by atoms with van der Waals surface area (Å²) in [4.78, 5) is 26.9. The Labute approximate surface area is 189 Å². The Morgan fingerprint density at radius 1 is 1.15 bits per heavy atom. The molecular formula is C25H20FN5O2. The Morgan fingerprint density at radius 2 is 1.97 bits per heavy atom. The second kappa shape index (κ2) is 7.03. The third-order valence-electron chi connectivity index (χ3n) is 6.18. The van der Waals surface area contributed by atoms with E-state index in [0.717, 1.165) is 5.56 Å². The summed E-state index contributed by atoms with van der Waals surface area (Å²) < 4.78 is 21.2. The molecule has 0 fully saturated rings. The van der Waals surface area contributed by atoms with Crippen LogP contribution >= 0.6 is 0 Å². The smallest absolute Gasteiger partial charge is 0.228 e. The third kappa shape index (κ3) is 3.21. The molecule has 0 radical (unpaired) electrons. The predicted molar refractivity (Wildman–Crippen MR) is 118 cm³/mol. The number of benzene rings is 1. The summed E-state index contributed by atoms with van der Waals surface area (Å²) in [5.74, 6) is 0.825. The molecule has 6 rings (SSSR count). The zero-order chi connectivity index (χ0) is 22.7. The molecule has 0 saturated heterocycles. The minimum atomic E-state index is -0.414. The van der Waals surface area contributed by atoms with E-state index in [2.05, 4.69) is 28.9 Å². The Bertz CT molecular complexity index is 1440. The van der Waals surface area contributed by atoms with E-state index in [4.69, 9.17) is 9.72 Å². The molecule has 0 unspecified atom stereocenters. The molecular weight excluding hydrogens is 421 g/mol. The van der Waals surface area contributed by atoms with Crippen LogP contribution in [0, 0.1) is 11.2 Å². The van der Waals surface area contributed by atoms with Crippen LogP contribution in [0.3, 0.4) is 0 Å². The molecule has 33 heavy (non-hydrogen) atoms. The molecule has 3 aromatic heterocycles. The van der Waals surface area contributed by atoms with Gasteiger partial charge in [-0.1, -0.05) is 19.9 Å². The number of rotatable bonds is 2. The number of aromatic nitrogens is 5. The first-order valence-electron chi connectivity index (χ1n) is 10.7. The molecule has 0 amide bonds. The summed E-state index contributed by atoms with van der Waals surface area (Å²) in [5, 5.41) is 4.54. The van der Waals surface area contributed by atoms with Crippen LogP contribution in [-0.4, -0.2) is 30.3 Å². The van der Waals surface area contributed by atoms with E-state index in [-0.39, 0.29) is 17.0 Å². The highest BCUT2D eigenvalue weighted by atomic mass is 19.1. The topological polar surface area (TPSA) is 82.3 Å². The largest absolute Gasteiger partial charge is 0.442 e. The van der Waals surface area contributed by atoms with Gasteiger partial charge in [0.25, 0.3) is 0 Å². The van der Waals surface area contributed by atoms with Gasteiger partial charge in [0, 0.05) is 36.4 Å². The average Bonchev–Trinajstić information content (AvgIpc) is 3.22. The number of Topliss-reactive ketones (excluding diaryl/α,β-unsaturated/α-hetero) is 1. The monoisotopic (exact) mass is 441 g/mol. The first-order chi connectivity index (χ1) is 15.9. The highest BCUT2D eigenvalue weighted by Gasteiger charge is 2.44. The van der Waals surface area contributed by atoms with Crippen LogP contribution in [0.5, 0.6) is 5.88 Å². The van der Waals surface area contributed by atoms with Crippen LogP contribution in [0.2, 0.25) is 0 Å². The third-order valence-corrected chi connectivity index (χ3v) is 6.18. The van der Waals surface area contributed by atoms with Crippen molar-refractivity contribution in [1.82, 2.24) is 24.6 Å². The number of hydrogen-bond donors (Lipinski definition) is 0. The maximum absolute atomic E-state index is 13.4. The van der Waals surface area contributed by atoms with Gasteiger partial charge >= 0.3 is 0 Å². The van der Waals surface area contributed by atoms with Crippen LogP contribution in [0.25, 0.3) is 17.0 Å². The van der Waals surface area contributed by atoms with E-state index < -0.39 is 5.92 Å². The van der Waals surface area contributed by atoms with Crippen molar-refractivity contribution in [2.75, 3.05) is 0 Å². The van der Waals surface area contributed by atoms with Crippen molar-refractivity contribution < 1.29 is 13.9 Å². The zero-order valence-electron chi connectivity index (χ0n) is 18.1. The number of nitrogens with zero attached hydrogens (tertiary/aromatic N) is 5. The normalized spacial score (nSPS) is 19.2. The van der Waals surface area contributed by atoms with Gasteiger partial charge in [-0.05, 0) is 41.3 Å². The summed E-state index contributed by atoms with van der Waals surface area (Å²) in [6, 6.07) is 9.80. The summed E-state index contributed by atoms with van der Waals surface area (Å²) in [5.41, 5.74) is 3.20. The molecule has 8 heteroatoms. The Hall–Kier alpha value is -3.94. The fourth-order valence-electron chi connectivity index (χ4n) is 4.75. The zero-order valence-corrected chi connectivity index (χ0v) is 18.1. The van der Waals surface area contributed by atoms with Crippen LogP contribution in [0.1, 0.15) is 43.7 Å². The van der Waals surface area contributed by atoms with Crippen LogP contribution < -0.4 is 4.74 Å². The van der Waals surface area contributed by atoms with Crippen molar-refractivity contribution in [2.24, 2.45) is 5.41 Å². The van der Waals surface area contributed by atoms with Crippen molar-refractivity contribution >= 4 is 11.4 Å². The molecule has 2 aliphatic rings. The van der Waals surface area contributed by atoms with Gasteiger partial charge in [-0.2, -0.15) is 0 Å². The van der Waals surface area contributed by atoms with E-state index in [0.29, 0.717) is 52.7 Å². The summed E-state index contributed by atoms with van der Waals surface area (Å²) in [7, 11) is 0. The molecule has 1 atom stereocenters. The average molecular weight is 441 g/mol. The number of fused-ring (bicyclic) bond motifs is 3. The molecule has 4 heterocycles. The highest BCUT2D eigenvalue weighted by molar-refractivity contribution is 6.00. The Kier molecular flexibility index (Phi) is 4.20. The number of hydrogen-bond acceptors (Lipinski definition) is 6. The van der Waals surface area contributed by atoms with E-state index >= 15 is 0 Å². The Morgan fingerprint density at radius 3 is 2.73 bits per heavy atom. The van der Waals surface area contributed by atoms with E-state index in [1.54, 1.807) is 35.4 Å². The molecule has 1 aliphatic carbocycles. The van der Waals surface area contributed by atoms with Crippen molar-refractivity contribution in [3.8, 4) is 17.3 Å². The van der Waals surface area contributed by atoms with Crippen LogP contribution in [0.4, 0.5) is 4.39 Å². The fraction of sp³-hybridized carbons (Fsp3) is 0.240. The molecule has 0 spiro atoms. The number of halogens is 1. The number of ketones is 1. The van der Waals surface area contributed by atoms with Gasteiger partial charge in [-0.3, -0.25) is 9.78 Å². The maximum atomic E-state index is 13.4. The molecule has 7 nitrogen and oxygen atoms in total. The minimum Gasteiger partial charge on any atom is -0.442 e. The van der Waals surface area contributed by atoms with E-state index in [9.17, 15) is 9.18 Å². The van der Waals surface area contributed by atoms with Gasteiger partial charge in [-0.25, -0.2) is 18.9 Å². The number of carbonyl (C=O) groups is 1. The highest BCUT2D eigenvalue weighted by Crippen LogP contribution is 2.50. The molecule has 164 valence electrons. The van der Waals surface area contributed by atoms with E-state index in [1.807, 2.05) is 12.1 Å². The van der Waals surface area contributed by atoms with Crippen molar-refractivity contribution in [2.45, 2.75) is 32.6 Å². The van der Waals surface area contributed by atoms with E-state index in [1.165, 1.54) is 12.1 Å². The number of pyridine rings is 1. The maximum Gasteiger partial charge on any atom is 0.228 e. The van der Waals surface area contributed by atoms with Gasteiger partial charge in [-0.15, -0.1) is 5.10 Å². The van der Waals surface area contributed by atoms with Crippen molar-refractivity contribution in [3.05, 3.63) is 83.4 Å². The second-order valence-electron chi connectivity index (χ2n) is 9.27. The number of allylic oxidation sites excluding steroid dienone is 2. The molecule has 0 bridgehead atoms. The summed E-state index contributed by atoms with van der Waals surface area (Å²) in [6.07, 6.45) is 6.09. The molecule has 0 saturated carbocycles. The van der Waals surface area contributed by atoms with Crippen LogP contribution in [0.15, 0.2) is 66.5 Å². The lowest BCUT2D eigenvalue weighted by atomic mass is 9.70. The standard InChI is InChI=1S/C25H20FN5O2/c1-25(2)10-17(32)20-18(11-25)33-24-21(19(20)15-4-3-9-27-12-15)23-29-22(30-31(23)13-28-24)14-5-7-16(26)8-6-14/h3-9,12-13,19H,10-11H2,1-2H3/t19-/m1/s1. The number of ether oxygens (including phenoxy) is 1. The molecule has 1 aliphatic heterocycles. The van der Waals surface area contributed by atoms with Crippen molar-refractivity contribution in [3.63, 3.8) is 0 Å². The number of carbonyl (C=O) groups excluding carboxylic acids is 1. The van der Waals surface area contributed by atoms with Gasteiger partial charge in [0.1, 0.15) is 17.9 Å². The molecule has 0 N–H and O–H groups in total.